The molecular weight excluding hydrogens is 504 g/mol. The zero-order chi connectivity index (χ0) is 25.8. The fourth-order valence-electron chi connectivity index (χ4n) is 3.94. The first-order valence-electron chi connectivity index (χ1n) is 11.6. The Labute approximate surface area is 215 Å². The normalized spacial score (nSPS) is 13.7. The average molecular weight is 532 g/mol. The van der Waals surface area contributed by atoms with Crippen LogP contribution >= 0.6 is 23.1 Å². The Morgan fingerprint density at radius 3 is 2.69 bits per heavy atom. The molecule has 0 saturated carbocycles. The van der Waals surface area contributed by atoms with Crippen LogP contribution in [-0.4, -0.2) is 46.4 Å². The second kappa shape index (κ2) is 11.1. The number of esters is 1. The number of amides is 2. The third kappa shape index (κ3) is 5.24. The quantitative estimate of drug-likeness (QED) is 0.260. The Bertz CT molecular complexity index is 1330. The van der Waals surface area contributed by atoms with Crippen molar-refractivity contribution in [2.75, 3.05) is 18.5 Å². The molecule has 1 aliphatic rings. The molecule has 4 rings (SSSR count). The number of aromatic nitrogens is 2. The van der Waals surface area contributed by atoms with Gasteiger partial charge in [0.25, 0.3) is 0 Å². The van der Waals surface area contributed by atoms with Crippen LogP contribution < -0.4 is 15.6 Å². The molecule has 3 aromatic rings. The predicted molar refractivity (Wildman–Crippen MR) is 134 cm³/mol. The van der Waals surface area contributed by atoms with Crippen LogP contribution in [0.1, 0.15) is 48.0 Å². The summed E-state index contributed by atoms with van der Waals surface area (Å²) in [6.07, 6.45) is 0.927. The summed E-state index contributed by atoms with van der Waals surface area (Å²) < 4.78 is 11.8. The first-order chi connectivity index (χ1) is 17.3. The molecular formula is C24H27N4O6S2+. The Morgan fingerprint density at radius 1 is 1.28 bits per heavy atom. The first-order valence-corrected chi connectivity index (χ1v) is 13.3. The number of nitrogens with zero attached hydrogens (tertiary/aromatic N) is 2. The highest BCUT2D eigenvalue weighted by Gasteiger charge is 2.34. The van der Waals surface area contributed by atoms with Crippen LogP contribution in [0.5, 0.6) is 0 Å². The van der Waals surface area contributed by atoms with E-state index in [0.717, 1.165) is 22.2 Å². The van der Waals surface area contributed by atoms with Crippen LogP contribution in [0.15, 0.2) is 44.7 Å². The smallest absolute Gasteiger partial charge is 0.442 e. The number of ether oxygens (including phenoxy) is 1. The van der Waals surface area contributed by atoms with Gasteiger partial charge in [-0.15, -0.1) is 11.3 Å². The number of hydrogen-bond acceptors (Lipinski definition) is 8. The number of carbonyl (C=O) groups is 3. The molecule has 2 N–H and O–H groups in total. The largest absolute Gasteiger partial charge is 0.462 e. The monoisotopic (exact) mass is 531 g/mol. The molecule has 2 amide bonds. The number of nitrogens with one attached hydrogen (secondary N) is 2. The molecule has 0 fully saturated rings. The second-order valence-electron chi connectivity index (χ2n) is 8.08. The van der Waals surface area contributed by atoms with Gasteiger partial charge in [0.15, 0.2) is 0 Å². The van der Waals surface area contributed by atoms with E-state index in [1.54, 1.807) is 11.8 Å². The Balaban J connectivity index is 1.61. The van der Waals surface area contributed by atoms with E-state index >= 15 is 0 Å². The Hall–Kier alpha value is -3.38. The SMILES string of the molecule is CCOC(=O)c1c(NC(=O)C(CC)Sc2c(=O)o[nH][n+]2-c2ccccc2)sc2c1CCN(C(C)=O)C2. The number of aromatic amines is 1. The van der Waals surface area contributed by atoms with Crippen molar-refractivity contribution in [3.63, 3.8) is 0 Å². The molecule has 10 nitrogen and oxygen atoms in total. The van der Waals surface area contributed by atoms with Crippen molar-refractivity contribution < 1.29 is 28.3 Å². The van der Waals surface area contributed by atoms with E-state index in [9.17, 15) is 19.2 Å². The number of fused-ring (bicyclic) bond motifs is 1. The molecule has 1 atom stereocenters. The van der Waals surface area contributed by atoms with Crippen molar-refractivity contribution in [2.24, 2.45) is 0 Å². The summed E-state index contributed by atoms with van der Waals surface area (Å²) >= 11 is 2.36. The fraction of sp³-hybridized carbons (Fsp3) is 0.375. The molecule has 36 heavy (non-hydrogen) atoms. The van der Waals surface area contributed by atoms with E-state index in [2.05, 4.69) is 10.6 Å². The Kier molecular flexibility index (Phi) is 7.94. The Morgan fingerprint density at radius 2 is 2.03 bits per heavy atom. The van der Waals surface area contributed by atoms with E-state index in [4.69, 9.17) is 9.26 Å². The minimum atomic E-state index is -0.637. The van der Waals surface area contributed by atoms with Crippen molar-refractivity contribution >= 4 is 45.9 Å². The maximum atomic E-state index is 13.4. The predicted octanol–water partition coefficient (Wildman–Crippen LogP) is 2.90. The first kappa shape index (κ1) is 25.7. The average Bonchev–Trinajstić information content (AvgIpc) is 3.41. The molecule has 0 aliphatic carbocycles. The van der Waals surface area contributed by atoms with Crippen LogP contribution in [-0.2, 0) is 27.3 Å². The standard InChI is InChI=1S/C24H26N4O6S2/c1-4-17(36-22-24(32)34-26-28(22)15-9-7-6-8-10-15)20(30)25-21-19(23(31)33-5-2)16-11-12-27(14(3)29)13-18(16)35-21/h6-10,17H,4-5,11-13H2,1-3H3,(H-,25,26,30,31,32)/p+1. The van der Waals surface area contributed by atoms with Gasteiger partial charge in [-0.2, -0.15) is 0 Å². The number of thiophene rings is 1. The molecule has 2 aromatic heterocycles. The molecule has 1 aliphatic heterocycles. The van der Waals surface area contributed by atoms with Crippen LogP contribution in [0.2, 0.25) is 0 Å². The molecule has 3 heterocycles. The number of thioether (sulfide) groups is 1. The van der Waals surface area contributed by atoms with Crippen molar-refractivity contribution in [1.29, 1.82) is 0 Å². The maximum Gasteiger partial charge on any atom is 0.442 e. The third-order valence-electron chi connectivity index (χ3n) is 5.76. The number of hydrogen-bond donors (Lipinski definition) is 2. The second-order valence-corrected chi connectivity index (χ2v) is 10.4. The lowest BCUT2D eigenvalue weighted by Crippen LogP contribution is -2.37. The number of benzene rings is 1. The molecule has 0 bridgehead atoms. The number of carbonyl (C=O) groups excluding carboxylic acids is 3. The van der Waals surface area contributed by atoms with Crippen LogP contribution in [0.3, 0.4) is 0 Å². The van der Waals surface area contributed by atoms with Gasteiger partial charge in [0.05, 0.1) is 24.0 Å². The highest BCUT2D eigenvalue weighted by Crippen LogP contribution is 2.38. The molecule has 0 spiro atoms. The van der Waals surface area contributed by atoms with Gasteiger partial charge in [-0.05, 0) is 47.0 Å². The van der Waals surface area contributed by atoms with Gasteiger partial charge in [-0.1, -0.05) is 25.1 Å². The lowest BCUT2D eigenvalue weighted by molar-refractivity contribution is -0.704. The highest BCUT2D eigenvalue weighted by atomic mass is 32.2. The minimum Gasteiger partial charge on any atom is -0.462 e. The third-order valence-corrected chi connectivity index (χ3v) is 8.29. The van der Waals surface area contributed by atoms with Crippen LogP contribution in [0.4, 0.5) is 5.00 Å². The molecule has 12 heteroatoms. The molecule has 1 aromatic carbocycles. The summed E-state index contributed by atoms with van der Waals surface area (Å²) in [5, 5.41) is 5.46. The topological polar surface area (TPSA) is 126 Å². The fourth-order valence-corrected chi connectivity index (χ4v) is 6.18. The molecule has 0 saturated heterocycles. The molecule has 1 unspecified atom stereocenters. The summed E-state index contributed by atoms with van der Waals surface area (Å²) in [6.45, 7) is 6.15. The summed E-state index contributed by atoms with van der Waals surface area (Å²) in [4.78, 5) is 53.0. The van der Waals surface area contributed by atoms with Crippen LogP contribution in [0.25, 0.3) is 5.69 Å². The van der Waals surface area contributed by atoms with Gasteiger partial charge in [-0.3, -0.25) is 14.1 Å². The summed E-state index contributed by atoms with van der Waals surface area (Å²) in [5.74, 6) is -0.900. The zero-order valence-electron chi connectivity index (χ0n) is 20.2. The molecule has 190 valence electrons. The van der Waals surface area contributed by atoms with Crippen LogP contribution in [0, 0.1) is 0 Å². The van der Waals surface area contributed by atoms with Crippen molar-refractivity contribution in [2.45, 2.75) is 50.4 Å². The highest BCUT2D eigenvalue weighted by molar-refractivity contribution is 8.00. The number of H-pyrrole nitrogens is 1. The maximum absolute atomic E-state index is 13.4. The van der Waals surface area contributed by atoms with Crippen molar-refractivity contribution in [3.8, 4) is 5.69 Å². The van der Waals surface area contributed by atoms with Gasteiger partial charge in [-0.25, -0.2) is 9.59 Å². The van der Waals surface area contributed by atoms with Crippen molar-refractivity contribution in [1.82, 2.24) is 10.2 Å². The van der Waals surface area contributed by atoms with Gasteiger partial charge in [0, 0.05) is 30.5 Å². The lowest BCUT2D eigenvalue weighted by Gasteiger charge is -2.25. The van der Waals surface area contributed by atoms with E-state index in [1.807, 2.05) is 37.3 Å². The minimum absolute atomic E-state index is 0.0446. The van der Waals surface area contributed by atoms with E-state index < -0.39 is 16.8 Å². The molecule has 0 radical (unpaired) electrons. The summed E-state index contributed by atoms with van der Waals surface area (Å²) in [6, 6.07) is 9.13. The summed E-state index contributed by atoms with van der Waals surface area (Å²) in [5.41, 5.74) is 1.25. The van der Waals surface area contributed by atoms with Gasteiger partial charge < -0.3 is 15.0 Å². The lowest BCUT2D eigenvalue weighted by atomic mass is 10.0. The van der Waals surface area contributed by atoms with Crippen molar-refractivity contribution in [3.05, 3.63) is 56.8 Å². The van der Waals surface area contributed by atoms with Gasteiger partial charge in [0.1, 0.15) is 5.00 Å². The van der Waals surface area contributed by atoms with Gasteiger partial charge >= 0.3 is 16.6 Å². The number of anilines is 1. The number of para-hydroxylation sites is 1. The number of rotatable bonds is 8. The van der Waals surface area contributed by atoms with E-state index in [1.165, 1.54) is 22.9 Å². The van der Waals surface area contributed by atoms with E-state index in [0.29, 0.717) is 42.2 Å². The van der Waals surface area contributed by atoms with E-state index in [-0.39, 0.29) is 23.4 Å². The van der Waals surface area contributed by atoms with Gasteiger partial charge in [0.2, 0.25) is 17.5 Å². The zero-order valence-corrected chi connectivity index (χ0v) is 21.8. The summed E-state index contributed by atoms with van der Waals surface area (Å²) in [7, 11) is 0.